The van der Waals surface area contributed by atoms with Gasteiger partial charge in [0, 0.05) is 57.9 Å². The summed E-state index contributed by atoms with van der Waals surface area (Å²) in [6.45, 7) is 11.4. The lowest BCUT2D eigenvalue weighted by Crippen LogP contribution is -2.54. The van der Waals surface area contributed by atoms with Crippen molar-refractivity contribution >= 4 is 41.0 Å². The maximum absolute atomic E-state index is 15.3. The fraction of sp³-hybridized carbons (Fsp3) is 0.500. The van der Waals surface area contributed by atoms with E-state index in [1.165, 1.54) is 6.07 Å². The van der Waals surface area contributed by atoms with Crippen molar-refractivity contribution in [1.82, 2.24) is 15.1 Å². The minimum absolute atomic E-state index is 0.0270. The lowest BCUT2D eigenvalue weighted by Gasteiger charge is -2.40. The Morgan fingerprint density at radius 3 is 2.11 bits per heavy atom. The molecule has 244 valence electrons. The standard InChI is InChI=1S/C34H40FN5O6/c1-34(2,3)46-33(45)22-4-6-23(7-5-22)38-16-14-37(15-17-38)20-21-10-12-39(13-11-21)28-19-25-24(18-26(28)35)31(43)40(32(25)44)27-8-9-29(41)36-30(27)42/h4-7,18-19,21,27H,8-17,20H2,1-3H3,(H,36,41,42). The highest BCUT2D eigenvalue weighted by atomic mass is 19.1. The summed E-state index contributed by atoms with van der Waals surface area (Å²) in [4.78, 5) is 70.1. The van der Waals surface area contributed by atoms with Crippen molar-refractivity contribution in [2.75, 3.05) is 55.6 Å². The van der Waals surface area contributed by atoms with Crippen molar-refractivity contribution in [3.05, 3.63) is 58.9 Å². The van der Waals surface area contributed by atoms with Crippen LogP contribution in [0.2, 0.25) is 0 Å². The summed E-state index contributed by atoms with van der Waals surface area (Å²) in [5, 5.41) is 2.18. The number of nitrogens with one attached hydrogen (secondary N) is 1. The van der Waals surface area contributed by atoms with Gasteiger partial charge in [0.1, 0.15) is 17.5 Å². The predicted octanol–water partition coefficient (Wildman–Crippen LogP) is 3.22. The number of fused-ring (bicyclic) bond motifs is 1. The third kappa shape index (κ3) is 6.48. The van der Waals surface area contributed by atoms with Crippen LogP contribution >= 0.6 is 0 Å². The van der Waals surface area contributed by atoms with Crippen molar-refractivity contribution < 1.29 is 33.1 Å². The van der Waals surface area contributed by atoms with Gasteiger partial charge in [-0.2, -0.15) is 0 Å². The van der Waals surface area contributed by atoms with Crippen LogP contribution in [0.5, 0.6) is 0 Å². The molecule has 0 spiro atoms. The van der Waals surface area contributed by atoms with Crippen molar-refractivity contribution in [2.45, 2.75) is 58.1 Å². The number of imide groups is 2. The molecule has 46 heavy (non-hydrogen) atoms. The van der Waals surface area contributed by atoms with Crippen LogP contribution in [0.4, 0.5) is 15.8 Å². The van der Waals surface area contributed by atoms with Crippen molar-refractivity contribution in [3.8, 4) is 0 Å². The number of piperazine rings is 1. The molecule has 4 amide bonds. The molecular weight excluding hydrogens is 593 g/mol. The molecule has 4 aliphatic heterocycles. The maximum atomic E-state index is 15.3. The largest absolute Gasteiger partial charge is 0.456 e. The number of piperidine rings is 2. The third-order valence-corrected chi connectivity index (χ3v) is 9.22. The van der Waals surface area contributed by atoms with Gasteiger partial charge in [-0.25, -0.2) is 9.18 Å². The van der Waals surface area contributed by atoms with E-state index in [2.05, 4.69) is 15.1 Å². The highest BCUT2D eigenvalue weighted by molar-refractivity contribution is 6.23. The quantitative estimate of drug-likeness (QED) is 0.378. The Bertz CT molecular complexity index is 1550. The second kappa shape index (κ2) is 12.5. The highest BCUT2D eigenvalue weighted by Crippen LogP contribution is 2.34. The number of rotatable bonds is 6. The van der Waals surface area contributed by atoms with Crippen LogP contribution in [0.1, 0.15) is 77.5 Å². The minimum Gasteiger partial charge on any atom is -0.456 e. The van der Waals surface area contributed by atoms with E-state index >= 15 is 4.39 Å². The minimum atomic E-state index is -1.08. The van der Waals surface area contributed by atoms with Crippen LogP contribution in [0, 0.1) is 11.7 Å². The molecule has 11 nitrogen and oxygen atoms in total. The molecule has 2 aromatic rings. The fourth-order valence-electron chi connectivity index (χ4n) is 6.78. The Hall–Kier alpha value is -4.32. The normalized spacial score (nSPS) is 21.5. The fourth-order valence-corrected chi connectivity index (χ4v) is 6.78. The molecular formula is C34H40FN5O6. The zero-order valence-corrected chi connectivity index (χ0v) is 26.5. The molecule has 0 bridgehead atoms. The van der Waals surface area contributed by atoms with E-state index in [0.717, 1.165) is 62.2 Å². The van der Waals surface area contributed by atoms with Gasteiger partial charge in [-0.3, -0.25) is 34.3 Å². The van der Waals surface area contributed by atoms with E-state index < -0.39 is 41.1 Å². The molecule has 6 rings (SSSR count). The Morgan fingerprint density at radius 1 is 0.870 bits per heavy atom. The summed E-state index contributed by atoms with van der Waals surface area (Å²) in [5.74, 6) is -2.92. The maximum Gasteiger partial charge on any atom is 0.338 e. The van der Waals surface area contributed by atoms with E-state index in [9.17, 15) is 24.0 Å². The molecule has 1 unspecified atom stereocenters. The van der Waals surface area contributed by atoms with Crippen molar-refractivity contribution in [2.24, 2.45) is 5.92 Å². The smallest absolute Gasteiger partial charge is 0.338 e. The summed E-state index contributed by atoms with van der Waals surface area (Å²) in [7, 11) is 0. The first-order valence-corrected chi connectivity index (χ1v) is 16.0. The van der Waals surface area contributed by atoms with Crippen LogP contribution in [0.3, 0.4) is 0 Å². The zero-order valence-electron chi connectivity index (χ0n) is 26.5. The molecule has 1 atom stereocenters. The Labute approximate surface area is 267 Å². The zero-order chi connectivity index (χ0) is 32.7. The first-order chi connectivity index (χ1) is 21.9. The number of hydrogen-bond acceptors (Lipinski definition) is 9. The Kier molecular flexibility index (Phi) is 8.58. The Balaban J connectivity index is 1.00. The number of hydrogen-bond donors (Lipinski definition) is 1. The van der Waals surface area contributed by atoms with Crippen molar-refractivity contribution in [3.63, 3.8) is 0 Å². The number of anilines is 2. The first-order valence-electron chi connectivity index (χ1n) is 16.0. The van der Waals surface area contributed by atoms with Gasteiger partial charge in [0.05, 0.1) is 22.4 Å². The number of halogens is 1. The predicted molar refractivity (Wildman–Crippen MR) is 168 cm³/mol. The number of benzene rings is 2. The van der Waals surface area contributed by atoms with Crippen LogP contribution < -0.4 is 15.1 Å². The number of ether oxygens (including phenoxy) is 1. The van der Waals surface area contributed by atoms with Gasteiger partial charge in [0.15, 0.2) is 0 Å². The molecule has 3 fully saturated rings. The molecule has 3 saturated heterocycles. The molecule has 12 heteroatoms. The van der Waals surface area contributed by atoms with Crippen LogP contribution in [-0.4, -0.2) is 96.9 Å². The molecule has 0 saturated carbocycles. The monoisotopic (exact) mass is 633 g/mol. The van der Waals surface area contributed by atoms with Crippen LogP contribution in [0.15, 0.2) is 36.4 Å². The highest BCUT2D eigenvalue weighted by Gasteiger charge is 2.45. The molecule has 2 aromatic carbocycles. The summed E-state index contributed by atoms with van der Waals surface area (Å²) < 4.78 is 20.8. The second-order valence-electron chi connectivity index (χ2n) is 13.6. The second-order valence-corrected chi connectivity index (χ2v) is 13.6. The molecule has 4 heterocycles. The molecule has 4 aliphatic rings. The molecule has 1 N–H and O–H groups in total. The number of amides is 4. The van der Waals surface area contributed by atoms with E-state index in [-0.39, 0.29) is 35.6 Å². The number of carbonyl (C=O) groups is 5. The van der Waals surface area contributed by atoms with E-state index in [4.69, 9.17) is 4.74 Å². The Morgan fingerprint density at radius 2 is 1.50 bits per heavy atom. The first kappa shape index (κ1) is 31.7. The van der Waals surface area contributed by atoms with E-state index in [0.29, 0.717) is 24.6 Å². The van der Waals surface area contributed by atoms with Gasteiger partial charge < -0.3 is 14.5 Å². The van der Waals surface area contributed by atoms with E-state index in [1.807, 2.05) is 49.9 Å². The van der Waals surface area contributed by atoms with Crippen LogP contribution in [0.25, 0.3) is 0 Å². The molecule has 0 aliphatic carbocycles. The third-order valence-electron chi connectivity index (χ3n) is 9.22. The van der Waals surface area contributed by atoms with Gasteiger partial charge in [0.25, 0.3) is 11.8 Å². The number of carbonyl (C=O) groups excluding carboxylic acids is 5. The van der Waals surface area contributed by atoms with Gasteiger partial charge in [0.2, 0.25) is 11.8 Å². The lowest BCUT2D eigenvalue weighted by molar-refractivity contribution is -0.136. The van der Waals surface area contributed by atoms with Gasteiger partial charge in [-0.15, -0.1) is 0 Å². The number of nitrogens with zero attached hydrogens (tertiary/aromatic N) is 4. The van der Waals surface area contributed by atoms with Gasteiger partial charge in [-0.1, -0.05) is 0 Å². The summed E-state index contributed by atoms with van der Waals surface area (Å²) >= 11 is 0. The summed E-state index contributed by atoms with van der Waals surface area (Å²) in [5.41, 5.74) is 1.41. The average molecular weight is 634 g/mol. The molecule has 0 radical (unpaired) electrons. The van der Waals surface area contributed by atoms with E-state index in [1.54, 1.807) is 0 Å². The van der Waals surface area contributed by atoms with Crippen molar-refractivity contribution in [1.29, 1.82) is 0 Å². The molecule has 0 aromatic heterocycles. The van der Waals surface area contributed by atoms with Crippen LogP contribution in [-0.2, 0) is 14.3 Å². The van der Waals surface area contributed by atoms with Gasteiger partial charge >= 0.3 is 5.97 Å². The topological polar surface area (TPSA) is 120 Å². The SMILES string of the molecule is CC(C)(C)OC(=O)c1ccc(N2CCN(CC3CCN(c4cc5c(cc4F)C(=O)N(C4CCC(=O)NC4=O)C5=O)CC3)CC2)cc1. The lowest BCUT2D eigenvalue weighted by atomic mass is 9.95. The van der Waals surface area contributed by atoms with Gasteiger partial charge in [-0.05, 0) is 82.3 Å². The summed E-state index contributed by atoms with van der Waals surface area (Å²) in [6.07, 6.45) is 1.83. The number of esters is 1. The summed E-state index contributed by atoms with van der Waals surface area (Å²) in [6, 6.07) is 9.03. The average Bonchev–Trinajstić information content (AvgIpc) is 3.25.